The number of aliphatic hydroxyl groups is 1. The van der Waals surface area contributed by atoms with Gasteiger partial charge in [-0.3, -0.25) is 0 Å². The number of anilines is 1. The number of aliphatic hydroxyl groups excluding tert-OH is 1. The van der Waals surface area contributed by atoms with Crippen LogP contribution in [0.2, 0.25) is 0 Å². The van der Waals surface area contributed by atoms with Crippen molar-refractivity contribution in [3.63, 3.8) is 0 Å². The van der Waals surface area contributed by atoms with Gasteiger partial charge < -0.3 is 10.0 Å². The standard InChI is InChI=1S/C16H18N2O/c1-12(2)18(9-10-19)16-8-7-13(11-17)14-5-3-4-6-15(14)16/h3-8,12,19H,9-10H2,1-2H3. The smallest absolute Gasteiger partial charge is 0.0998 e. The zero-order valence-corrected chi connectivity index (χ0v) is 11.3. The van der Waals surface area contributed by atoms with Gasteiger partial charge in [0.25, 0.3) is 0 Å². The van der Waals surface area contributed by atoms with Crippen LogP contribution in [0, 0.1) is 11.3 Å². The number of fused-ring (bicyclic) bond motifs is 1. The van der Waals surface area contributed by atoms with Crippen molar-refractivity contribution in [3.05, 3.63) is 42.0 Å². The minimum Gasteiger partial charge on any atom is -0.395 e. The fourth-order valence-corrected chi connectivity index (χ4v) is 2.40. The molecule has 1 N–H and O–H groups in total. The van der Waals surface area contributed by atoms with Gasteiger partial charge in [0.05, 0.1) is 18.2 Å². The first-order chi connectivity index (χ1) is 9.19. The van der Waals surface area contributed by atoms with E-state index < -0.39 is 0 Å². The summed E-state index contributed by atoms with van der Waals surface area (Å²) in [6, 6.07) is 14.3. The van der Waals surface area contributed by atoms with Crippen LogP contribution < -0.4 is 4.90 Å². The van der Waals surface area contributed by atoms with Gasteiger partial charge in [0.15, 0.2) is 0 Å². The van der Waals surface area contributed by atoms with Crippen LogP contribution in [0.3, 0.4) is 0 Å². The molecule has 0 spiro atoms. The predicted octanol–water partition coefficient (Wildman–Crippen LogP) is 2.92. The Bertz CT molecular complexity index is 614. The summed E-state index contributed by atoms with van der Waals surface area (Å²) >= 11 is 0. The lowest BCUT2D eigenvalue weighted by atomic mass is 10.0. The monoisotopic (exact) mass is 254 g/mol. The molecule has 3 nitrogen and oxygen atoms in total. The third-order valence-electron chi connectivity index (χ3n) is 3.30. The summed E-state index contributed by atoms with van der Waals surface area (Å²) in [7, 11) is 0. The molecular formula is C16H18N2O. The second kappa shape index (κ2) is 5.73. The summed E-state index contributed by atoms with van der Waals surface area (Å²) in [5.41, 5.74) is 1.76. The van der Waals surface area contributed by atoms with Crippen LogP contribution >= 0.6 is 0 Å². The zero-order chi connectivity index (χ0) is 13.8. The molecule has 0 atom stereocenters. The molecule has 0 aliphatic heterocycles. The van der Waals surface area contributed by atoms with Crippen molar-refractivity contribution >= 4 is 16.5 Å². The van der Waals surface area contributed by atoms with E-state index in [2.05, 4.69) is 24.8 Å². The largest absolute Gasteiger partial charge is 0.395 e. The number of nitriles is 1. The van der Waals surface area contributed by atoms with Crippen molar-refractivity contribution in [2.45, 2.75) is 19.9 Å². The van der Waals surface area contributed by atoms with Gasteiger partial charge in [0.1, 0.15) is 0 Å². The normalized spacial score (nSPS) is 10.7. The number of hydrogen-bond acceptors (Lipinski definition) is 3. The Morgan fingerprint density at radius 1 is 1.16 bits per heavy atom. The van der Waals surface area contributed by atoms with Gasteiger partial charge in [-0.2, -0.15) is 5.26 Å². The van der Waals surface area contributed by atoms with E-state index in [0.717, 1.165) is 16.5 Å². The van der Waals surface area contributed by atoms with Crippen molar-refractivity contribution in [1.29, 1.82) is 5.26 Å². The number of nitrogens with zero attached hydrogens (tertiary/aromatic N) is 2. The van der Waals surface area contributed by atoms with Crippen molar-refractivity contribution in [2.75, 3.05) is 18.1 Å². The average molecular weight is 254 g/mol. The number of benzene rings is 2. The summed E-state index contributed by atoms with van der Waals surface area (Å²) < 4.78 is 0. The lowest BCUT2D eigenvalue weighted by molar-refractivity contribution is 0.299. The zero-order valence-electron chi connectivity index (χ0n) is 11.3. The molecule has 98 valence electrons. The first-order valence-corrected chi connectivity index (χ1v) is 6.48. The SMILES string of the molecule is CC(C)N(CCO)c1ccc(C#N)c2ccccc12. The maximum absolute atomic E-state index is 9.23. The Balaban J connectivity index is 2.64. The summed E-state index contributed by atoms with van der Waals surface area (Å²) in [5.74, 6) is 0. The highest BCUT2D eigenvalue weighted by atomic mass is 16.3. The first kappa shape index (κ1) is 13.4. The highest BCUT2D eigenvalue weighted by Gasteiger charge is 2.14. The quantitative estimate of drug-likeness (QED) is 0.912. The van der Waals surface area contributed by atoms with Gasteiger partial charge >= 0.3 is 0 Å². The maximum atomic E-state index is 9.23. The fraction of sp³-hybridized carbons (Fsp3) is 0.312. The van der Waals surface area contributed by atoms with Crippen LogP contribution in [0.5, 0.6) is 0 Å². The van der Waals surface area contributed by atoms with E-state index >= 15 is 0 Å². The molecule has 3 heteroatoms. The summed E-state index contributed by atoms with van der Waals surface area (Å²) in [6.45, 7) is 4.91. The molecule has 0 heterocycles. The van der Waals surface area contributed by atoms with E-state index in [1.54, 1.807) is 0 Å². The van der Waals surface area contributed by atoms with Crippen molar-refractivity contribution in [1.82, 2.24) is 0 Å². The molecule has 0 amide bonds. The van der Waals surface area contributed by atoms with Gasteiger partial charge in [-0.1, -0.05) is 24.3 Å². The van der Waals surface area contributed by atoms with E-state index in [9.17, 15) is 10.4 Å². The second-order valence-electron chi connectivity index (χ2n) is 4.80. The minimum absolute atomic E-state index is 0.118. The van der Waals surface area contributed by atoms with Crippen molar-refractivity contribution in [3.8, 4) is 6.07 Å². The lowest BCUT2D eigenvalue weighted by Crippen LogP contribution is -2.33. The predicted molar refractivity (Wildman–Crippen MR) is 78.2 cm³/mol. The Kier molecular flexibility index (Phi) is 4.03. The Hall–Kier alpha value is -2.05. The van der Waals surface area contributed by atoms with Gasteiger partial charge in [-0.05, 0) is 26.0 Å². The summed E-state index contributed by atoms with van der Waals surface area (Å²) in [6.07, 6.45) is 0. The molecule has 0 unspecified atom stereocenters. The molecule has 0 saturated carbocycles. The van der Waals surface area contributed by atoms with Gasteiger partial charge in [-0.25, -0.2) is 0 Å². The van der Waals surface area contributed by atoms with Gasteiger partial charge in [-0.15, -0.1) is 0 Å². The number of hydrogen-bond donors (Lipinski definition) is 1. The highest BCUT2D eigenvalue weighted by molar-refractivity contribution is 5.97. The van der Waals surface area contributed by atoms with Gasteiger partial charge in [0.2, 0.25) is 0 Å². The third kappa shape index (κ3) is 2.54. The minimum atomic E-state index is 0.118. The third-order valence-corrected chi connectivity index (χ3v) is 3.30. The van der Waals surface area contributed by atoms with Crippen LogP contribution in [-0.4, -0.2) is 24.3 Å². The van der Waals surface area contributed by atoms with Crippen LogP contribution in [-0.2, 0) is 0 Å². The molecule has 19 heavy (non-hydrogen) atoms. The number of rotatable bonds is 4. The van der Waals surface area contributed by atoms with E-state index in [1.165, 1.54) is 0 Å². The van der Waals surface area contributed by atoms with Crippen molar-refractivity contribution in [2.24, 2.45) is 0 Å². The topological polar surface area (TPSA) is 47.3 Å². The van der Waals surface area contributed by atoms with E-state index in [0.29, 0.717) is 18.2 Å². The summed E-state index contributed by atoms with van der Waals surface area (Å²) in [5, 5.41) is 20.4. The Morgan fingerprint density at radius 3 is 2.42 bits per heavy atom. The van der Waals surface area contributed by atoms with E-state index in [1.807, 2.05) is 36.4 Å². The molecule has 0 aliphatic rings. The lowest BCUT2D eigenvalue weighted by Gasteiger charge is -2.29. The van der Waals surface area contributed by atoms with E-state index in [-0.39, 0.29) is 6.61 Å². The van der Waals surface area contributed by atoms with Crippen LogP contribution in [0.25, 0.3) is 10.8 Å². The molecule has 0 bridgehead atoms. The molecule has 2 aromatic rings. The Labute approximate surface area is 113 Å². The molecule has 0 radical (unpaired) electrons. The Morgan fingerprint density at radius 2 is 1.84 bits per heavy atom. The molecule has 0 aromatic heterocycles. The summed E-state index contributed by atoms with van der Waals surface area (Å²) in [4.78, 5) is 2.16. The molecule has 0 fully saturated rings. The molecular weight excluding hydrogens is 236 g/mol. The maximum Gasteiger partial charge on any atom is 0.0998 e. The van der Waals surface area contributed by atoms with Crippen LogP contribution in [0.15, 0.2) is 36.4 Å². The van der Waals surface area contributed by atoms with Crippen LogP contribution in [0.1, 0.15) is 19.4 Å². The fourth-order valence-electron chi connectivity index (χ4n) is 2.40. The highest BCUT2D eigenvalue weighted by Crippen LogP contribution is 2.30. The van der Waals surface area contributed by atoms with E-state index in [4.69, 9.17) is 0 Å². The van der Waals surface area contributed by atoms with Crippen LogP contribution in [0.4, 0.5) is 5.69 Å². The van der Waals surface area contributed by atoms with Gasteiger partial charge in [0, 0.05) is 29.0 Å². The molecule has 0 aliphatic carbocycles. The molecule has 2 aromatic carbocycles. The molecule has 2 rings (SSSR count). The molecule has 0 saturated heterocycles. The second-order valence-corrected chi connectivity index (χ2v) is 4.80. The van der Waals surface area contributed by atoms with Crippen molar-refractivity contribution < 1.29 is 5.11 Å². The average Bonchev–Trinajstić information content (AvgIpc) is 2.43. The first-order valence-electron chi connectivity index (χ1n) is 6.48.